The Bertz CT molecular complexity index is 797. The van der Waals surface area contributed by atoms with Crippen LogP contribution in [-0.4, -0.2) is 19.5 Å². The third-order valence-electron chi connectivity index (χ3n) is 2.49. The van der Waals surface area contributed by atoms with Crippen LogP contribution in [0.25, 0.3) is 16.7 Å². The Kier molecular flexibility index (Phi) is 1.94. The van der Waals surface area contributed by atoms with E-state index in [1.807, 2.05) is 6.07 Å². The van der Waals surface area contributed by atoms with Crippen molar-refractivity contribution in [2.45, 2.75) is 0 Å². The van der Waals surface area contributed by atoms with Crippen molar-refractivity contribution in [1.29, 1.82) is 0 Å². The number of hydrogen-bond acceptors (Lipinski definition) is 3. The van der Waals surface area contributed by atoms with Gasteiger partial charge in [0.2, 0.25) is 0 Å². The van der Waals surface area contributed by atoms with Crippen LogP contribution in [0.3, 0.4) is 0 Å². The molecule has 0 radical (unpaired) electrons. The highest BCUT2D eigenvalue weighted by atomic mass is 16.2. The number of aromatic nitrogens is 4. The van der Waals surface area contributed by atoms with E-state index in [9.17, 15) is 9.59 Å². The van der Waals surface area contributed by atoms with Crippen molar-refractivity contribution in [3.8, 4) is 5.69 Å². The Hall–Kier alpha value is -2.63. The minimum absolute atomic E-state index is 0.417. The summed E-state index contributed by atoms with van der Waals surface area (Å²) in [6.07, 6.45) is 4.78. The van der Waals surface area contributed by atoms with Crippen molar-refractivity contribution >= 4 is 11.0 Å². The van der Waals surface area contributed by atoms with Crippen molar-refractivity contribution in [2.75, 3.05) is 0 Å². The van der Waals surface area contributed by atoms with E-state index in [1.165, 1.54) is 16.8 Å². The maximum absolute atomic E-state index is 11.6. The monoisotopic (exact) mass is 228 g/mol. The summed E-state index contributed by atoms with van der Waals surface area (Å²) in [5.41, 5.74) is 1.36. The van der Waals surface area contributed by atoms with Crippen LogP contribution in [0.4, 0.5) is 0 Å². The van der Waals surface area contributed by atoms with E-state index < -0.39 is 11.2 Å². The first-order valence-electron chi connectivity index (χ1n) is 4.99. The van der Waals surface area contributed by atoms with Crippen LogP contribution in [0, 0.1) is 0 Å². The van der Waals surface area contributed by atoms with Gasteiger partial charge in [0.1, 0.15) is 0 Å². The first-order valence-corrected chi connectivity index (χ1v) is 4.99. The predicted octanol–water partition coefficient (Wildman–Crippen LogP) is 0.402. The molecular formula is C11H8N4O2. The second-order valence-electron chi connectivity index (χ2n) is 3.58. The quantitative estimate of drug-likeness (QED) is 0.632. The van der Waals surface area contributed by atoms with Gasteiger partial charge in [-0.15, -0.1) is 0 Å². The molecule has 0 aliphatic carbocycles. The normalized spacial score (nSPS) is 10.8. The van der Waals surface area contributed by atoms with Crippen LogP contribution in [0.2, 0.25) is 0 Å². The smallest absolute Gasteiger partial charge is 0.332 e. The zero-order chi connectivity index (χ0) is 11.8. The topological polar surface area (TPSA) is 83.5 Å². The molecule has 0 unspecified atom stereocenters. The van der Waals surface area contributed by atoms with Crippen LogP contribution in [0.5, 0.6) is 0 Å². The van der Waals surface area contributed by atoms with Gasteiger partial charge in [0.15, 0.2) is 0 Å². The van der Waals surface area contributed by atoms with E-state index in [0.29, 0.717) is 5.69 Å². The van der Waals surface area contributed by atoms with E-state index in [4.69, 9.17) is 0 Å². The first kappa shape index (κ1) is 9.59. The number of nitrogens with one attached hydrogen (secondary N) is 2. The Morgan fingerprint density at radius 2 is 2.12 bits per heavy atom. The standard InChI is InChI=1S/C11H8N4O2/c16-10-2-4-15(11(17)14-10)7-5-9-8(13-6-7)1-3-12-9/h1-6,12H,(H,14,16,17). The van der Waals surface area contributed by atoms with Crippen molar-refractivity contribution in [3.05, 3.63) is 57.6 Å². The van der Waals surface area contributed by atoms with Gasteiger partial charge in [-0.1, -0.05) is 0 Å². The summed E-state index contributed by atoms with van der Waals surface area (Å²) in [6, 6.07) is 4.93. The van der Waals surface area contributed by atoms with Crippen LogP contribution >= 0.6 is 0 Å². The average Bonchev–Trinajstić information content (AvgIpc) is 2.75. The zero-order valence-electron chi connectivity index (χ0n) is 8.68. The molecule has 6 heteroatoms. The lowest BCUT2D eigenvalue weighted by molar-refractivity contribution is 0.893. The molecule has 17 heavy (non-hydrogen) atoms. The van der Waals surface area contributed by atoms with E-state index in [1.54, 1.807) is 18.5 Å². The van der Waals surface area contributed by atoms with E-state index in [2.05, 4.69) is 15.0 Å². The Balaban J connectivity index is 2.26. The minimum atomic E-state index is -0.481. The summed E-state index contributed by atoms with van der Waals surface area (Å²) in [4.78, 5) is 31.9. The lowest BCUT2D eigenvalue weighted by atomic mass is 10.3. The molecule has 0 fully saturated rings. The molecule has 84 valence electrons. The van der Waals surface area contributed by atoms with Crippen molar-refractivity contribution in [3.63, 3.8) is 0 Å². The van der Waals surface area contributed by atoms with Crippen molar-refractivity contribution in [2.24, 2.45) is 0 Å². The fourth-order valence-electron chi connectivity index (χ4n) is 1.68. The highest BCUT2D eigenvalue weighted by molar-refractivity contribution is 5.76. The highest BCUT2D eigenvalue weighted by Gasteiger charge is 2.02. The molecule has 0 saturated heterocycles. The predicted molar refractivity (Wildman–Crippen MR) is 62.3 cm³/mol. The summed E-state index contributed by atoms with van der Waals surface area (Å²) >= 11 is 0. The lowest BCUT2D eigenvalue weighted by Crippen LogP contribution is -2.27. The van der Waals surface area contributed by atoms with Gasteiger partial charge in [-0.25, -0.2) is 4.79 Å². The molecule has 3 heterocycles. The molecule has 0 spiro atoms. The molecule has 0 atom stereocenters. The van der Waals surface area contributed by atoms with Crippen LogP contribution < -0.4 is 11.2 Å². The van der Waals surface area contributed by atoms with E-state index >= 15 is 0 Å². The summed E-state index contributed by atoms with van der Waals surface area (Å²) in [7, 11) is 0. The number of hydrogen-bond donors (Lipinski definition) is 2. The number of rotatable bonds is 1. The maximum atomic E-state index is 11.6. The molecule has 3 aromatic heterocycles. The maximum Gasteiger partial charge on any atom is 0.332 e. The Morgan fingerprint density at radius 3 is 2.94 bits per heavy atom. The third-order valence-corrected chi connectivity index (χ3v) is 2.49. The molecule has 3 aromatic rings. The van der Waals surface area contributed by atoms with Gasteiger partial charge in [-0.2, -0.15) is 0 Å². The zero-order valence-corrected chi connectivity index (χ0v) is 8.68. The first-order chi connectivity index (χ1) is 8.24. The number of pyridine rings is 1. The number of nitrogens with zero attached hydrogens (tertiary/aromatic N) is 2. The molecule has 0 saturated carbocycles. The van der Waals surface area contributed by atoms with E-state index in [0.717, 1.165) is 11.0 Å². The summed E-state index contributed by atoms with van der Waals surface area (Å²) in [5.74, 6) is 0. The van der Waals surface area contributed by atoms with Crippen molar-refractivity contribution in [1.82, 2.24) is 19.5 Å². The second kappa shape index (κ2) is 3.44. The fourth-order valence-corrected chi connectivity index (χ4v) is 1.68. The van der Waals surface area contributed by atoms with Gasteiger partial charge < -0.3 is 4.98 Å². The lowest BCUT2D eigenvalue weighted by Gasteiger charge is -2.03. The van der Waals surface area contributed by atoms with Gasteiger partial charge in [-0.05, 0) is 12.1 Å². The molecule has 2 N–H and O–H groups in total. The molecule has 0 aliphatic rings. The molecule has 0 amide bonds. The summed E-state index contributed by atoms with van der Waals surface area (Å²) in [5, 5.41) is 0. The molecule has 6 nitrogen and oxygen atoms in total. The average molecular weight is 228 g/mol. The Morgan fingerprint density at radius 1 is 1.24 bits per heavy atom. The Labute approximate surface area is 94.6 Å². The SMILES string of the molecule is O=c1ccn(-c2cnc3cc[nH]c3c2)c(=O)[nH]1. The minimum Gasteiger partial charge on any atom is -0.360 e. The third kappa shape index (κ3) is 1.55. The summed E-state index contributed by atoms with van der Waals surface area (Å²) in [6.45, 7) is 0. The van der Waals surface area contributed by atoms with Crippen LogP contribution in [0.1, 0.15) is 0 Å². The second-order valence-corrected chi connectivity index (χ2v) is 3.58. The molecular weight excluding hydrogens is 220 g/mol. The van der Waals surface area contributed by atoms with Crippen molar-refractivity contribution < 1.29 is 0 Å². The molecule has 3 rings (SSSR count). The van der Waals surface area contributed by atoms with Gasteiger partial charge in [0.05, 0.1) is 22.9 Å². The molecule has 0 aliphatic heterocycles. The molecule has 0 bridgehead atoms. The number of aromatic amines is 2. The van der Waals surface area contributed by atoms with Crippen LogP contribution in [-0.2, 0) is 0 Å². The summed E-state index contributed by atoms with van der Waals surface area (Å²) < 4.78 is 1.33. The number of H-pyrrole nitrogens is 2. The molecule has 0 aromatic carbocycles. The largest absolute Gasteiger partial charge is 0.360 e. The van der Waals surface area contributed by atoms with Gasteiger partial charge in [-0.3, -0.25) is 19.3 Å². The van der Waals surface area contributed by atoms with Crippen LogP contribution in [0.15, 0.2) is 46.4 Å². The van der Waals surface area contributed by atoms with E-state index in [-0.39, 0.29) is 0 Å². The fraction of sp³-hybridized carbons (Fsp3) is 0. The highest BCUT2D eigenvalue weighted by Crippen LogP contribution is 2.12. The van der Waals surface area contributed by atoms with Gasteiger partial charge >= 0.3 is 5.69 Å². The van der Waals surface area contributed by atoms with Gasteiger partial charge in [0, 0.05) is 18.5 Å². The van der Waals surface area contributed by atoms with Gasteiger partial charge in [0.25, 0.3) is 5.56 Å². The number of fused-ring (bicyclic) bond motifs is 1.